The fraction of sp³-hybridized carbons (Fsp3) is 0.500. The van der Waals surface area contributed by atoms with E-state index >= 15 is 0 Å². The molecule has 1 saturated heterocycles. The Balaban J connectivity index is 2.34. The van der Waals surface area contributed by atoms with Crippen molar-refractivity contribution in [3.8, 4) is 0 Å². The van der Waals surface area contributed by atoms with Crippen molar-refractivity contribution in [1.82, 2.24) is 10.3 Å². The molecular weight excluding hydrogens is 164 g/mol. The summed E-state index contributed by atoms with van der Waals surface area (Å²) in [7, 11) is 0. The van der Waals surface area contributed by atoms with Gasteiger partial charge in [0.25, 0.3) is 0 Å². The molecule has 1 atom stereocenters. The van der Waals surface area contributed by atoms with Gasteiger partial charge in [-0.1, -0.05) is 0 Å². The third-order valence-corrected chi connectivity index (χ3v) is 2.61. The van der Waals surface area contributed by atoms with Crippen molar-refractivity contribution < 1.29 is 0 Å². The highest BCUT2D eigenvalue weighted by Gasteiger charge is 2.17. The highest BCUT2D eigenvalue weighted by Crippen LogP contribution is 2.23. The quantitative estimate of drug-likeness (QED) is 0.676. The summed E-state index contributed by atoms with van der Waals surface area (Å²) in [6.07, 6.45) is 4.23. The largest absolute Gasteiger partial charge is 0.329 e. The number of pyridine rings is 1. The van der Waals surface area contributed by atoms with Crippen LogP contribution in [0, 0.1) is 6.92 Å². The molecule has 1 aliphatic rings. The minimum atomic E-state index is -0.0146. The zero-order valence-electron chi connectivity index (χ0n) is 7.76. The van der Waals surface area contributed by atoms with Crippen LogP contribution in [0.2, 0.25) is 0 Å². The lowest BCUT2D eigenvalue weighted by Gasteiger charge is -2.12. The van der Waals surface area contributed by atoms with Crippen LogP contribution in [0.5, 0.6) is 0 Å². The van der Waals surface area contributed by atoms with Gasteiger partial charge < -0.3 is 10.3 Å². The Morgan fingerprint density at radius 3 is 3.00 bits per heavy atom. The monoisotopic (exact) mass is 178 g/mol. The Morgan fingerprint density at radius 1 is 1.54 bits per heavy atom. The summed E-state index contributed by atoms with van der Waals surface area (Å²) in [5.74, 6) is 0. The molecule has 0 saturated carbocycles. The lowest BCUT2D eigenvalue weighted by Crippen LogP contribution is -2.16. The topological polar surface area (TPSA) is 44.9 Å². The van der Waals surface area contributed by atoms with Gasteiger partial charge in [-0.3, -0.25) is 4.79 Å². The summed E-state index contributed by atoms with van der Waals surface area (Å²) in [6, 6.07) is 2.10. The number of aromatic nitrogens is 1. The van der Waals surface area contributed by atoms with Crippen LogP contribution >= 0.6 is 0 Å². The predicted octanol–water partition coefficient (Wildman–Crippen LogP) is 1.11. The summed E-state index contributed by atoms with van der Waals surface area (Å²) >= 11 is 0. The van der Waals surface area contributed by atoms with Crippen molar-refractivity contribution in [1.29, 1.82) is 0 Å². The zero-order valence-corrected chi connectivity index (χ0v) is 7.76. The first-order valence-corrected chi connectivity index (χ1v) is 4.70. The van der Waals surface area contributed by atoms with Gasteiger partial charge in [0.05, 0.1) is 0 Å². The van der Waals surface area contributed by atoms with Crippen LogP contribution in [-0.2, 0) is 0 Å². The minimum Gasteiger partial charge on any atom is -0.329 e. The third kappa shape index (κ3) is 1.65. The van der Waals surface area contributed by atoms with Crippen molar-refractivity contribution in [2.45, 2.75) is 25.8 Å². The summed E-state index contributed by atoms with van der Waals surface area (Å²) in [5, 5.41) is 3.41. The normalized spacial score (nSPS) is 22.1. The molecule has 2 N–H and O–H groups in total. The lowest BCUT2D eigenvalue weighted by molar-refractivity contribution is 0.640. The Labute approximate surface area is 77.2 Å². The van der Waals surface area contributed by atoms with Crippen LogP contribution in [0.25, 0.3) is 0 Å². The van der Waals surface area contributed by atoms with Gasteiger partial charge >= 0.3 is 0 Å². The van der Waals surface area contributed by atoms with Crippen LogP contribution < -0.4 is 10.9 Å². The zero-order chi connectivity index (χ0) is 9.26. The summed E-state index contributed by atoms with van der Waals surface area (Å²) < 4.78 is 0. The van der Waals surface area contributed by atoms with Crippen molar-refractivity contribution in [3.63, 3.8) is 0 Å². The molecule has 70 valence electrons. The second-order valence-corrected chi connectivity index (χ2v) is 3.58. The standard InChI is InChI=1S/C10H14N2O/c1-7-5-10(13)12-6-8(7)9-3-2-4-11-9/h5-6,9,11H,2-4H2,1H3,(H,12,13)/t9-/m0/s1. The van der Waals surface area contributed by atoms with E-state index in [1.807, 2.05) is 13.1 Å². The first-order chi connectivity index (χ1) is 6.27. The van der Waals surface area contributed by atoms with E-state index in [0.29, 0.717) is 6.04 Å². The maximum Gasteiger partial charge on any atom is 0.248 e. The van der Waals surface area contributed by atoms with E-state index in [1.54, 1.807) is 6.07 Å². The van der Waals surface area contributed by atoms with Crippen molar-refractivity contribution in [2.75, 3.05) is 6.54 Å². The molecular formula is C10H14N2O. The highest BCUT2D eigenvalue weighted by atomic mass is 16.1. The number of hydrogen-bond acceptors (Lipinski definition) is 2. The summed E-state index contributed by atoms with van der Waals surface area (Å²) in [6.45, 7) is 3.08. The molecule has 0 bridgehead atoms. The molecule has 1 aromatic rings. The average Bonchev–Trinajstić information content (AvgIpc) is 2.56. The SMILES string of the molecule is Cc1cc(=O)[nH]cc1[C@@H]1CCCN1. The molecule has 0 aromatic carbocycles. The Hall–Kier alpha value is -1.09. The predicted molar refractivity (Wildman–Crippen MR) is 51.8 cm³/mol. The molecule has 3 heteroatoms. The Morgan fingerprint density at radius 2 is 2.38 bits per heavy atom. The van der Waals surface area contributed by atoms with Gasteiger partial charge in [-0.25, -0.2) is 0 Å². The van der Waals surface area contributed by atoms with Crippen LogP contribution in [-0.4, -0.2) is 11.5 Å². The number of nitrogens with one attached hydrogen (secondary N) is 2. The smallest absolute Gasteiger partial charge is 0.248 e. The van der Waals surface area contributed by atoms with E-state index in [4.69, 9.17) is 0 Å². The van der Waals surface area contributed by atoms with Crippen molar-refractivity contribution in [3.05, 3.63) is 33.7 Å². The summed E-state index contributed by atoms with van der Waals surface area (Å²) in [5.41, 5.74) is 2.31. The molecule has 1 aromatic heterocycles. The second-order valence-electron chi connectivity index (χ2n) is 3.58. The number of aromatic amines is 1. The van der Waals surface area contributed by atoms with Crippen LogP contribution in [0.1, 0.15) is 30.0 Å². The Kier molecular flexibility index (Phi) is 2.19. The van der Waals surface area contributed by atoms with E-state index in [-0.39, 0.29) is 5.56 Å². The molecule has 0 spiro atoms. The van der Waals surface area contributed by atoms with Crippen molar-refractivity contribution >= 4 is 0 Å². The maximum atomic E-state index is 11.0. The molecule has 1 aliphatic heterocycles. The molecule has 0 aliphatic carbocycles. The van der Waals surface area contributed by atoms with E-state index in [0.717, 1.165) is 12.1 Å². The maximum absolute atomic E-state index is 11.0. The molecule has 0 radical (unpaired) electrons. The van der Waals surface area contributed by atoms with E-state index < -0.39 is 0 Å². The van der Waals surface area contributed by atoms with E-state index in [2.05, 4.69) is 10.3 Å². The van der Waals surface area contributed by atoms with Gasteiger partial charge in [0, 0.05) is 18.3 Å². The molecule has 0 amide bonds. The minimum absolute atomic E-state index is 0.0146. The molecule has 1 fully saturated rings. The van der Waals surface area contributed by atoms with Crippen LogP contribution in [0.3, 0.4) is 0 Å². The first-order valence-electron chi connectivity index (χ1n) is 4.70. The number of H-pyrrole nitrogens is 1. The van der Waals surface area contributed by atoms with Gasteiger partial charge in [0.1, 0.15) is 0 Å². The number of aryl methyl sites for hydroxylation is 1. The number of hydrogen-bond donors (Lipinski definition) is 2. The lowest BCUT2D eigenvalue weighted by atomic mass is 10.0. The van der Waals surface area contributed by atoms with E-state index in [9.17, 15) is 4.79 Å². The van der Waals surface area contributed by atoms with Gasteiger partial charge in [0.15, 0.2) is 0 Å². The van der Waals surface area contributed by atoms with Gasteiger partial charge in [-0.05, 0) is 37.4 Å². The first kappa shape index (κ1) is 8.51. The third-order valence-electron chi connectivity index (χ3n) is 2.61. The second kappa shape index (κ2) is 3.34. The van der Waals surface area contributed by atoms with Gasteiger partial charge in [0.2, 0.25) is 5.56 Å². The molecule has 0 unspecified atom stereocenters. The molecule has 2 heterocycles. The fourth-order valence-electron chi connectivity index (χ4n) is 1.91. The summed E-state index contributed by atoms with van der Waals surface area (Å²) in [4.78, 5) is 13.7. The number of rotatable bonds is 1. The van der Waals surface area contributed by atoms with Gasteiger partial charge in [-0.2, -0.15) is 0 Å². The van der Waals surface area contributed by atoms with Crippen molar-refractivity contribution in [2.24, 2.45) is 0 Å². The Bertz CT molecular complexity index is 350. The van der Waals surface area contributed by atoms with Crippen LogP contribution in [0.4, 0.5) is 0 Å². The molecule has 2 rings (SSSR count). The van der Waals surface area contributed by atoms with E-state index in [1.165, 1.54) is 18.4 Å². The fourth-order valence-corrected chi connectivity index (χ4v) is 1.91. The van der Waals surface area contributed by atoms with Gasteiger partial charge in [-0.15, -0.1) is 0 Å². The van der Waals surface area contributed by atoms with Crippen LogP contribution in [0.15, 0.2) is 17.1 Å². The molecule has 3 nitrogen and oxygen atoms in total. The average molecular weight is 178 g/mol. The molecule has 13 heavy (non-hydrogen) atoms. The highest BCUT2D eigenvalue weighted by molar-refractivity contribution is 5.25.